The molecule has 0 radical (unpaired) electrons. The van der Waals surface area contributed by atoms with Gasteiger partial charge in [-0.15, -0.1) is 11.3 Å². The Labute approximate surface area is 182 Å². The van der Waals surface area contributed by atoms with Gasteiger partial charge >= 0.3 is 0 Å². The Morgan fingerprint density at radius 1 is 1.33 bits per heavy atom. The Morgan fingerprint density at radius 3 is 2.77 bits per heavy atom. The molecule has 1 spiro atoms. The molecule has 4 rings (SSSR count). The summed E-state index contributed by atoms with van der Waals surface area (Å²) in [6.07, 6.45) is 7.80. The van der Waals surface area contributed by atoms with Gasteiger partial charge in [-0.25, -0.2) is 9.97 Å². The molecule has 0 saturated carbocycles. The van der Waals surface area contributed by atoms with Gasteiger partial charge < -0.3 is 20.3 Å². The molecule has 2 aliphatic rings. The van der Waals surface area contributed by atoms with E-state index in [-0.39, 0.29) is 18.8 Å². The summed E-state index contributed by atoms with van der Waals surface area (Å²) in [5.41, 5.74) is 2.38. The van der Waals surface area contributed by atoms with Crippen LogP contribution in [0, 0.1) is 0 Å². The molecule has 1 saturated heterocycles. The van der Waals surface area contributed by atoms with Crippen LogP contribution in [0.4, 0.5) is 5.95 Å². The van der Waals surface area contributed by atoms with Crippen LogP contribution in [0.15, 0.2) is 18.5 Å². The van der Waals surface area contributed by atoms with E-state index < -0.39 is 6.04 Å². The second kappa shape index (κ2) is 9.28. The molecule has 0 amide bonds. The second-order valence-electron chi connectivity index (χ2n) is 8.39. The molecule has 4 heterocycles. The fourth-order valence-corrected chi connectivity index (χ4v) is 5.77. The molecule has 0 aliphatic carbocycles. The number of aromatic nitrogens is 2. The van der Waals surface area contributed by atoms with E-state index in [1.165, 1.54) is 15.3 Å². The van der Waals surface area contributed by atoms with Crippen molar-refractivity contribution in [1.82, 2.24) is 14.9 Å². The van der Waals surface area contributed by atoms with E-state index in [2.05, 4.69) is 40.1 Å². The Morgan fingerprint density at radius 2 is 2.10 bits per heavy atom. The predicted octanol–water partition coefficient (Wildman–Crippen LogP) is 2.32. The summed E-state index contributed by atoms with van der Waals surface area (Å²) in [5, 5.41) is 21.3. The van der Waals surface area contributed by atoms with E-state index in [1.807, 2.05) is 23.7 Å². The van der Waals surface area contributed by atoms with E-state index in [0.29, 0.717) is 12.0 Å². The van der Waals surface area contributed by atoms with Crippen molar-refractivity contribution in [1.29, 1.82) is 0 Å². The molecule has 7 nitrogen and oxygen atoms in total. The molecule has 3 N–H and O–H groups in total. The molecule has 30 heavy (non-hydrogen) atoms. The molecule has 0 bridgehead atoms. The highest BCUT2D eigenvalue weighted by Gasteiger charge is 2.44. The lowest BCUT2D eigenvalue weighted by Gasteiger charge is -2.47. The third kappa shape index (κ3) is 4.38. The molecule has 2 atom stereocenters. The predicted molar refractivity (Wildman–Crippen MR) is 118 cm³/mol. The van der Waals surface area contributed by atoms with Gasteiger partial charge in [-0.2, -0.15) is 0 Å². The quantitative estimate of drug-likeness (QED) is 0.618. The van der Waals surface area contributed by atoms with Crippen molar-refractivity contribution >= 4 is 17.3 Å². The fourth-order valence-electron chi connectivity index (χ4n) is 4.59. The lowest BCUT2D eigenvalue weighted by Crippen LogP contribution is -2.50. The number of thiophene rings is 1. The van der Waals surface area contributed by atoms with Gasteiger partial charge in [0.1, 0.15) is 0 Å². The first-order valence-electron chi connectivity index (χ1n) is 10.9. The zero-order valence-electron chi connectivity index (χ0n) is 17.8. The van der Waals surface area contributed by atoms with Gasteiger partial charge in [-0.05, 0) is 37.8 Å². The molecule has 8 heteroatoms. The summed E-state index contributed by atoms with van der Waals surface area (Å²) in [4.78, 5) is 14.1. The number of fused-ring (bicyclic) bond motifs is 2. The maximum atomic E-state index is 9.17. The molecule has 0 aromatic carbocycles. The number of piperidine rings is 1. The highest BCUT2D eigenvalue weighted by molar-refractivity contribution is 7.12. The van der Waals surface area contributed by atoms with Crippen molar-refractivity contribution in [2.24, 2.45) is 0 Å². The summed E-state index contributed by atoms with van der Waals surface area (Å²) in [6, 6.07) is 2.35. The van der Waals surface area contributed by atoms with Crippen molar-refractivity contribution in [3.8, 4) is 0 Å². The monoisotopic (exact) mass is 432 g/mol. The van der Waals surface area contributed by atoms with Crippen LogP contribution in [0.2, 0.25) is 0 Å². The van der Waals surface area contributed by atoms with Gasteiger partial charge in [0.05, 0.1) is 31.5 Å². The Bertz CT molecular complexity index is 839. The van der Waals surface area contributed by atoms with E-state index in [1.54, 1.807) is 0 Å². The van der Waals surface area contributed by atoms with Crippen LogP contribution in [0.3, 0.4) is 0 Å². The molecule has 164 valence electrons. The third-order valence-corrected chi connectivity index (χ3v) is 7.66. The SMILES string of the molecule is CCc1cc2c(s1)CCO[C@@]21CCN(Cc2cnc(NC(CO)CO)nc2)[C@@H](C)C1. The number of anilines is 1. The van der Waals surface area contributed by atoms with Gasteiger partial charge in [0.2, 0.25) is 5.95 Å². The number of ether oxygens (including phenoxy) is 1. The van der Waals surface area contributed by atoms with Crippen LogP contribution < -0.4 is 5.32 Å². The summed E-state index contributed by atoms with van der Waals surface area (Å²) in [7, 11) is 0. The minimum atomic E-state index is -0.445. The Balaban J connectivity index is 1.40. The number of aliphatic hydroxyl groups excluding tert-OH is 2. The largest absolute Gasteiger partial charge is 0.394 e. The van der Waals surface area contributed by atoms with Crippen LogP contribution in [0.25, 0.3) is 0 Å². The van der Waals surface area contributed by atoms with E-state index in [4.69, 9.17) is 4.74 Å². The van der Waals surface area contributed by atoms with Gasteiger partial charge in [0, 0.05) is 53.3 Å². The molecular formula is C22H32N4O3S. The molecular weight excluding hydrogens is 400 g/mol. The number of nitrogens with zero attached hydrogens (tertiary/aromatic N) is 3. The van der Waals surface area contributed by atoms with E-state index >= 15 is 0 Å². The maximum absolute atomic E-state index is 9.17. The first kappa shape index (κ1) is 21.6. The summed E-state index contributed by atoms with van der Waals surface area (Å²) < 4.78 is 6.44. The summed E-state index contributed by atoms with van der Waals surface area (Å²) >= 11 is 1.97. The highest BCUT2D eigenvalue weighted by atomic mass is 32.1. The van der Waals surface area contributed by atoms with Crippen molar-refractivity contribution in [3.63, 3.8) is 0 Å². The first-order chi connectivity index (χ1) is 14.6. The summed E-state index contributed by atoms with van der Waals surface area (Å²) in [5.74, 6) is 0.421. The van der Waals surface area contributed by atoms with Crippen molar-refractivity contribution in [2.45, 2.75) is 63.8 Å². The van der Waals surface area contributed by atoms with Crippen LogP contribution in [0.5, 0.6) is 0 Å². The lowest BCUT2D eigenvalue weighted by molar-refractivity contribution is -0.112. The maximum Gasteiger partial charge on any atom is 0.222 e. The topological polar surface area (TPSA) is 90.7 Å². The van der Waals surface area contributed by atoms with Crippen molar-refractivity contribution < 1.29 is 14.9 Å². The number of hydrogen-bond acceptors (Lipinski definition) is 8. The number of hydrogen-bond donors (Lipinski definition) is 3. The molecule has 2 aromatic rings. The summed E-state index contributed by atoms with van der Waals surface area (Å²) in [6.45, 7) is 6.80. The van der Waals surface area contributed by atoms with Gasteiger partial charge in [0.25, 0.3) is 0 Å². The number of likely N-dealkylation sites (tertiary alicyclic amines) is 1. The fraction of sp³-hybridized carbons (Fsp3) is 0.636. The zero-order chi connectivity index (χ0) is 21.1. The van der Waals surface area contributed by atoms with Gasteiger partial charge in [-0.1, -0.05) is 6.92 Å². The molecule has 1 fully saturated rings. The van der Waals surface area contributed by atoms with Crippen LogP contribution in [-0.4, -0.2) is 63.5 Å². The van der Waals surface area contributed by atoms with E-state index in [9.17, 15) is 10.2 Å². The van der Waals surface area contributed by atoms with Crippen molar-refractivity contribution in [3.05, 3.63) is 39.3 Å². The number of rotatable bonds is 7. The van der Waals surface area contributed by atoms with Crippen LogP contribution >= 0.6 is 11.3 Å². The normalized spacial score (nSPS) is 24.4. The molecule has 2 aromatic heterocycles. The van der Waals surface area contributed by atoms with Crippen LogP contribution in [-0.2, 0) is 29.7 Å². The minimum absolute atomic E-state index is 0.124. The second-order valence-corrected chi connectivity index (χ2v) is 9.61. The van der Waals surface area contributed by atoms with Gasteiger partial charge in [-0.3, -0.25) is 4.90 Å². The first-order valence-corrected chi connectivity index (χ1v) is 11.7. The number of nitrogens with one attached hydrogen (secondary N) is 1. The minimum Gasteiger partial charge on any atom is -0.394 e. The highest BCUT2D eigenvalue weighted by Crippen LogP contribution is 2.46. The zero-order valence-corrected chi connectivity index (χ0v) is 18.6. The Kier molecular flexibility index (Phi) is 6.69. The average Bonchev–Trinajstić information content (AvgIpc) is 3.20. The van der Waals surface area contributed by atoms with Crippen LogP contribution in [0.1, 0.15) is 47.6 Å². The third-order valence-electron chi connectivity index (χ3n) is 6.32. The lowest BCUT2D eigenvalue weighted by atomic mass is 9.79. The van der Waals surface area contributed by atoms with Crippen molar-refractivity contribution in [2.75, 3.05) is 31.7 Å². The Hall–Kier alpha value is -1.58. The van der Waals surface area contributed by atoms with Gasteiger partial charge in [0.15, 0.2) is 0 Å². The molecule has 0 unspecified atom stereocenters. The standard InChI is InChI=1S/C22H32N4O3S/c1-3-18-8-19-20(30-18)4-7-29-22(19)5-6-26(15(2)9-22)12-16-10-23-21(24-11-16)25-17(13-27)14-28/h8,10-11,15,17,27-28H,3-7,9,12-14H2,1-2H3,(H,23,24,25)/t15-,22+/m0/s1. The van der Waals surface area contributed by atoms with E-state index in [0.717, 1.165) is 50.9 Å². The average molecular weight is 433 g/mol. The smallest absolute Gasteiger partial charge is 0.222 e. The number of aliphatic hydroxyl groups is 2. The molecule has 2 aliphatic heterocycles. The number of aryl methyl sites for hydroxylation is 1.